The Morgan fingerprint density at radius 1 is 1.33 bits per heavy atom. The number of nitrogens with zero attached hydrogens (tertiary/aromatic N) is 1. The topological polar surface area (TPSA) is 80.8 Å². The monoisotopic (exact) mass is 309 g/mol. The van der Waals surface area contributed by atoms with E-state index in [9.17, 15) is 18.0 Å². The van der Waals surface area contributed by atoms with E-state index in [4.69, 9.17) is 0 Å². The molecule has 112 valence electrons. The van der Waals surface area contributed by atoms with Gasteiger partial charge < -0.3 is 9.64 Å². The van der Waals surface area contributed by atoms with E-state index in [1.54, 1.807) is 24.3 Å². The number of rotatable bonds is 2. The van der Waals surface area contributed by atoms with Crippen molar-refractivity contribution in [2.75, 3.05) is 23.5 Å². The number of sulfone groups is 1. The van der Waals surface area contributed by atoms with Gasteiger partial charge in [0.05, 0.1) is 30.2 Å². The Morgan fingerprint density at radius 3 is 2.81 bits per heavy atom. The molecule has 0 bridgehead atoms. The molecule has 0 radical (unpaired) electrons. The molecular formula is C14H15NO5S. The van der Waals surface area contributed by atoms with Crippen LogP contribution in [-0.2, 0) is 19.4 Å². The minimum absolute atomic E-state index is 0.00808. The third-order valence-electron chi connectivity index (χ3n) is 4.02. The molecule has 2 heterocycles. The first-order valence-electron chi connectivity index (χ1n) is 6.62. The zero-order chi connectivity index (χ0) is 15.2. The Bertz CT molecular complexity index is 712. The fourth-order valence-corrected chi connectivity index (χ4v) is 5.20. The van der Waals surface area contributed by atoms with Crippen molar-refractivity contribution < 1.29 is 22.7 Å². The van der Waals surface area contributed by atoms with E-state index in [0.29, 0.717) is 11.3 Å². The predicted octanol–water partition coefficient (Wildman–Crippen LogP) is 0.623. The van der Waals surface area contributed by atoms with Crippen molar-refractivity contribution in [1.82, 2.24) is 0 Å². The van der Waals surface area contributed by atoms with Gasteiger partial charge in [0.1, 0.15) is 0 Å². The van der Waals surface area contributed by atoms with E-state index in [1.807, 2.05) is 0 Å². The molecule has 7 heteroatoms. The summed E-state index contributed by atoms with van der Waals surface area (Å²) in [6.07, 6.45) is 0.242. The molecule has 3 rings (SSSR count). The van der Waals surface area contributed by atoms with Crippen LogP contribution in [0.3, 0.4) is 0 Å². The smallest absolute Gasteiger partial charge is 0.337 e. The molecule has 6 nitrogen and oxygen atoms in total. The summed E-state index contributed by atoms with van der Waals surface area (Å²) in [6.45, 7) is 0. The number of hydrogen-bond donors (Lipinski definition) is 0. The quantitative estimate of drug-likeness (QED) is 0.748. The maximum atomic E-state index is 12.2. The first-order chi connectivity index (χ1) is 9.91. The molecule has 0 saturated carbocycles. The van der Waals surface area contributed by atoms with E-state index in [2.05, 4.69) is 4.74 Å². The molecule has 0 N–H and O–H groups in total. The van der Waals surface area contributed by atoms with Crippen molar-refractivity contribution in [3.05, 3.63) is 29.8 Å². The molecular weight excluding hydrogens is 294 g/mol. The number of hydrogen-bond acceptors (Lipinski definition) is 5. The first kappa shape index (κ1) is 14.1. The van der Waals surface area contributed by atoms with Gasteiger partial charge in [0.15, 0.2) is 9.84 Å². The summed E-state index contributed by atoms with van der Waals surface area (Å²) in [7, 11) is -1.80. The summed E-state index contributed by atoms with van der Waals surface area (Å²) in [5.74, 6) is -0.673. The summed E-state index contributed by atoms with van der Waals surface area (Å²) in [5, 5.41) is 0. The number of benzene rings is 1. The van der Waals surface area contributed by atoms with Gasteiger partial charge in [-0.25, -0.2) is 13.2 Å². The van der Waals surface area contributed by atoms with E-state index >= 15 is 0 Å². The summed E-state index contributed by atoms with van der Waals surface area (Å²) in [5.41, 5.74) is 0.889. The number of carbonyl (C=O) groups is 2. The SMILES string of the molecule is COC(=O)c1cccc(N2C(=O)C[C@@H]3CS(=O)(=O)C[C@@H]32)c1. The lowest BCUT2D eigenvalue weighted by Gasteiger charge is -2.23. The molecule has 2 aliphatic rings. The zero-order valence-electron chi connectivity index (χ0n) is 11.5. The van der Waals surface area contributed by atoms with Gasteiger partial charge in [-0.05, 0) is 18.2 Å². The standard InChI is InChI=1S/C14H15NO5S/c1-20-14(17)9-3-2-4-11(5-9)15-12-8-21(18,19)7-10(12)6-13(15)16/h2-5,10,12H,6-8H2,1H3/t10-,12+/m1/s1. The largest absolute Gasteiger partial charge is 0.465 e. The summed E-state index contributed by atoms with van der Waals surface area (Å²) >= 11 is 0. The maximum Gasteiger partial charge on any atom is 0.337 e. The van der Waals surface area contributed by atoms with Crippen molar-refractivity contribution in [2.45, 2.75) is 12.5 Å². The van der Waals surface area contributed by atoms with Gasteiger partial charge in [0, 0.05) is 18.0 Å². The Morgan fingerprint density at radius 2 is 2.10 bits per heavy atom. The Kier molecular flexibility index (Phi) is 3.24. The van der Waals surface area contributed by atoms with Crippen molar-refractivity contribution in [2.24, 2.45) is 5.92 Å². The number of carbonyl (C=O) groups excluding carboxylic acids is 2. The van der Waals surface area contributed by atoms with Crippen molar-refractivity contribution >= 4 is 27.4 Å². The van der Waals surface area contributed by atoms with E-state index in [-0.39, 0.29) is 35.8 Å². The molecule has 0 unspecified atom stereocenters. The molecule has 2 aliphatic heterocycles. The molecule has 2 fully saturated rings. The predicted molar refractivity (Wildman–Crippen MR) is 75.8 cm³/mol. The average molecular weight is 309 g/mol. The third-order valence-corrected chi connectivity index (χ3v) is 5.80. The van der Waals surface area contributed by atoms with Gasteiger partial charge in [-0.15, -0.1) is 0 Å². The minimum Gasteiger partial charge on any atom is -0.465 e. The fourth-order valence-electron chi connectivity index (χ4n) is 3.13. The lowest BCUT2D eigenvalue weighted by molar-refractivity contribution is -0.117. The summed E-state index contributed by atoms with van der Waals surface area (Å²) in [4.78, 5) is 25.3. The van der Waals surface area contributed by atoms with Crippen LogP contribution in [-0.4, -0.2) is 45.0 Å². The Balaban J connectivity index is 1.96. The van der Waals surface area contributed by atoms with Crippen molar-refractivity contribution in [3.63, 3.8) is 0 Å². The van der Waals surface area contributed by atoms with Gasteiger partial charge in [-0.2, -0.15) is 0 Å². The maximum absolute atomic E-state index is 12.2. The highest BCUT2D eigenvalue weighted by Crippen LogP contribution is 2.37. The molecule has 1 aromatic rings. The third kappa shape index (κ3) is 2.42. The van der Waals surface area contributed by atoms with E-state index in [1.165, 1.54) is 12.0 Å². The minimum atomic E-state index is -3.09. The number of ether oxygens (including phenoxy) is 1. The molecule has 0 spiro atoms. The van der Waals surface area contributed by atoms with Crippen LogP contribution in [0.2, 0.25) is 0 Å². The molecule has 1 amide bonds. The highest BCUT2D eigenvalue weighted by molar-refractivity contribution is 7.91. The van der Waals surface area contributed by atoms with E-state index < -0.39 is 15.8 Å². The first-order valence-corrected chi connectivity index (χ1v) is 8.44. The second-order valence-electron chi connectivity index (χ2n) is 5.41. The van der Waals surface area contributed by atoms with Gasteiger partial charge in [-0.3, -0.25) is 4.79 Å². The highest BCUT2D eigenvalue weighted by atomic mass is 32.2. The van der Waals surface area contributed by atoms with E-state index in [0.717, 1.165) is 0 Å². The van der Waals surface area contributed by atoms with Crippen molar-refractivity contribution in [3.8, 4) is 0 Å². The number of methoxy groups -OCH3 is 1. The van der Waals surface area contributed by atoms with Crippen molar-refractivity contribution in [1.29, 1.82) is 0 Å². The van der Waals surface area contributed by atoms with Gasteiger partial charge in [0.25, 0.3) is 0 Å². The summed E-state index contributed by atoms with van der Waals surface area (Å²) < 4.78 is 28.1. The molecule has 0 aliphatic carbocycles. The van der Waals surface area contributed by atoms with Crippen LogP contribution in [0.1, 0.15) is 16.8 Å². The second kappa shape index (κ2) is 4.84. The summed E-state index contributed by atoms with van der Waals surface area (Å²) in [6, 6.07) is 6.20. The number of esters is 1. The highest BCUT2D eigenvalue weighted by Gasteiger charge is 2.49. The van der Waals surface area contributed by atoms with Crippen LogP contribution in [0.5, 0.6) is 0 Å². The van der Waals surface area contributed by atoms with Gasteiger partial charge >= 0.3 is 5.97 Å². The molecule has 2 saturated heterocycles. The molecule has 0 aromatic heterocycles. The second-order valence-corrected chi connectivity index (χ2v) is 7.57. The fraction of sp³-hybridized carbons (Fsp3) is 0.429. The van der Waals surface area contributed by atoms with Crippen LogP contribution < -0.4 is 4.90 Å². The Labute approximate surface area is 122 Å². The Hall–Kier alpha value is -1.89. The molecule has 2 atom stereocenters. The average Bonchev–Trinajstić information content (AvgIpc) is 2.87. The van der Waals surface area contributed by atoms with Crippen LogP contribution >= 0.6 is 0 Å². The van der Waals surface area contributed by atoms with Crippen LogP contribution in [0.25, 0.3) is 0 Å². The van der Waals surface area contributed by atoms with Crippen LogP contribution in [0.15, 0.2) is 24.3 Å². The lowest BCUT2D eigenvalue weighted by atomic mass is 10.0. The molecule has 21 heavy (non-hydrogen) atoms. The number of fused-ring (bicyclic) bond motifs is 1. The van der Waals surface area contributed by atoms with Gasteiger partial charge in [0.2, 0.25) is 5.91 Å². The van der Waals surface area contributed by atoms with Crippen LogP contribution in [0, 0.1) is 5.92 Å². The van der Waals surface area contributed by atoms with Gasteiger partial charge in [-0.1, -0.05) is 6.07 Å². The lowest BCUT2D eigenvalue weighted by Crippen LogP contribution is -2.36. The zero-order valence-corrected chi connectivity index (χ0v) is 12.3. The number of amides is 1. The number of anilines is 1. The normalized spacial score (nSPS) is 26.7. The van der Waals surface area contributed by atoms with Crippen LogP contribution in [0.4, 0.5) is 5.69 Å². The molecule has 1 aromatic carbocycles.